The number of ether oxygens (including phenoxy) is 1. The Bertz CT molecular complexity index is 292. The Hall–Kier alpha value is -1.40. The van der Waals surface area contributed by atoms with Crippen LogP contribution in [0.1, 0.15) is 13.8 Å². The van der Waals surface area contributed by atoms with E-state index in [9.17, 15) is 0 Å². The van der Waals surface area contributed by atoms with Gasteiger partial charge in [0, 0.05) is 6.54 Å². The maximum Gasteiger partial charge on any atom is 0.160 e. The van der Waals surface area contributed by atoms with E-state index in [-0.39, 0.29) is 6.10 Å². The summed E-state index contributed by atoms with van der Waals surface area (Å²) in [6.45, 7) is 5.33. The first-order valence-corrected chi connectivity index (χ1v) is 4.86. The predicted molar refractivity (Wildman–Crippen MR) is 59.4 cm³/mol. The highest BCUT2D eigenvalue weighted by molar-refractivity contribution is 5.40. The molecule has 4 N–H and O–H groups in total. The van der Waals surface area contributed by atoms with Gasteiger partial charge in [-0.3, -0.25) is 4.98 Å². The van der Waals surface area contributed by atoms with E-state index < -0.39 is 0 Å². The van der Waals surface area contributed by atoms with Gasteiger partial charge in [0.05, 0.1) is 25.1 Å². The second-order valence-electron chi connectivity index (χ2n) is 3.28. The second-order valence-corrected chi connectivity index (χ2v) is 3.28. The number of hydrogen-bond acceptors (Lipinski definition) is 6. The van der Waals surface area contributed by atoms with Crippen LogP contribution in [0.25, 0.3) is 0 Å². The smallest absolute Gasteiger partial charge is 0.160 e. The summed E-state index contributed by atoms with van der Waals surface area (Å²) in [6.07, 6.45) is 3.43. The molecule has 1 rings (SSSR count). The van der Waals surface area contributed by atoms with E-state index in [0.29, 0.717) is 24.8 Å². The highest BCUT2D eigenvalue weighted by atomic mass is 16.5. The molecule has 0 saturated heterocycles. The van der Waals surface area contributed by atoms with Crippen molar-refractivity contribution in [2.45, 2.75) is 20.0 Å². The highest BCUT2D eigenvalue weighted by Gasteiger charge is 1.97. The molecule has 0 radical (unpaired) electrons. The molecule has 0 aliphatic heterocycles. The van der Waals surface area contributed by atoms with Crippen molar-refractivity contribution in [3.8, 4) is 0 Å². The molecular formula is C9H17N5O. The van der Waals surface area contributed by atoms with Crippen molar-refractivity contribution in [1.82, 2.24) is 9.97 Å². The lowest BCUT2D eigenvalue weighted by atomic mass is 10.5. The molecule has 0 amide bonds. The quantitative estimate of drug-likeness (QED) is 0.363. The van der Waals surface area contributed by atoms with Gasteiger partial charge < -0.3 is 15.5 Å². The van der Waals surface area contributed by atoms with E-state index in [1.807, 2.05) is 13.8 Å². The van der Waals surface area contributed by atoms with Gasteiger partial charge in [-0.15, -0.1) is 0 Å². The van der Waals surface area contributed by atoms with Gasteiger partial charge in [0.25, 0.3) is 0 Å². The van der Waals surface area contributed by atoms with Crippen molar-refractivity contribution in [2.75, 3.05) is 23.9 Å². The van der Waals surface area contributed by atoms with Crippen LogP contribution < -0.4 is 16.6 Å². The third-order valence-electron chi connectivity index (χ3n) is 1.64. The number of anilines is 2. The molecule has 0 spiro atoms. The molecule has 0 unspecified atom stereocenters. The van der Waals surface area contributed by atoms with Crippen LogP contribution in [0.5, 0.6) is 0 Å². The van der Waals surface area contributed by atoms with E-state index >= 15 is 0 Å². The molecule has 6 nitrogen and oxygen atoms in total. The molecule has 1 aromatic rings. The van der Waals surface area contributed by atoms with Crippen LogP contribution in [-0.2, 0) is 4.74 Å². The fraction of sp³-hybridized carbons (Fsp3) is 0.556. The number of nitrogens with zero attached hydrogens (tertiary/aromatic N) is 2. The number of aromatic nitrogens is 2. The van der Waals surface area contributed by atoms with Crippen LogP contribution in [0.3, 0.4) is 0 Å². The van der Waals surface area contributed by atoms with Crippen LogP contribution in [0.15, 0.2) is 12.4 Å². The molecule has 1 aromatic heterocycles. The summed E-state index contributed by atoms with van der Waals surface area (Å²) >= 11 is 0. The molecule has 0 aliphatic rings. The van der Waals surface area contributed by atoms with Crippen LogP contribution in [-0.4, -0.2) is 29.2 Å². The Morgan fingerprint density at radius 3 is 2.80 bits per heavy atom. The Labute approximate surface area is 89.2 Å². The minimum atomic E-state index is 0.245. The number of nitrogens with two attached hydrogens (primary N) is 1. The van der Waals surface area contributed by atoms with Gasteiger partial charge in [-0.25, -0.2) is 10.8 Å². The largest absolute Gasteiger partial charge is 0.377 e. The van der Waals surface area contributed by atoms with Gasteiger partial charge in [0.2, 0.25) is 0 Å². The van der Waals surface area contributed by atoms with Gasteiger partial charge in [-0.05, 0) is 13.8 Å². The zero-order valence-electron chi connectivity index (χ0n) is 9.03. The summed E-state index contributed by atoms with van der Waals surface area (Å²) in [4.78, 5) is 8.10. The average Bonchev–Trinajstić information content (AvgIpc) is 2.24. The van der Waals surface area contributed by atoms with E-state index in [0.717, 1.165) is 0 Å². The molecule has 0 aromatic carbocycles. The summed E-state index contributed by atoms with van der Waals surface area (Å²) in [5.74, 6) is 6.42. The Kier molecular flexibility index (Phi) is 4.79. The van der Waals surface area contributed by atoms with Crippen molar-refractivity contribution in [3.63, 3.8) is 0 Å². The van der Waals surface area contributed by atoms with Crippen LogP contribution in [0.4, 0.5) is 11.6 Å². The number of rotatable bonds is 6. The Morgan fingerprint density at radius 1 is 1.40 bits per heavy atom. The van der Waals surface area contributed by atoms with Crippen LogP contribution in [0, 0.1) is 0 Å². The van der Waals surface area contributed by atoms with E-state index in [1.54, 1.807) is 12.4 Å². The Morgan fingerprint density at radius 2 is 2.13 bits per heavy atom. The molecule has 0 bridgehead atoms. The lowest BCUT2D eigenvalue weighted by molar-refractivity contribution is 0.0870. The number of hydrogen-bond donors (Lipinski definition) is 3. The first-order valence-electron chi connectivity index (χ1n) is 4.86. The molecule has 6 heteroatoms. The highest BCUT2D eigenvalue weighted by Crippen LogP contribution is 2.04. The maximum absolute atomic E-state index is 5.37. The van der Waals surface area contributed by atoms with Gasteiger partial charge in [0.15, 0.2) is 5.82 Å². The minimum absolute atomic E-state index is 0.245. The molecule has 0 fully saturated rings. The van der Waals surface area contributed by atoms with Crippen LogP contribution in [0.2, 0.25) is 0 Å². The second kappa shape index (κ2) is 6.15. The minimum Gasteiger partial charge on any atom is -0.377 e. The molecular weight excluding hydrogens is 194 g/mol. The fourth-order valence-corrected chi connectivity index (χ4v) is 0.994. The molecule has 0 saturated carbocycles. The molecule has 15 heavy (non-hydrogen) atoms. The van der Waals surface area contributed by atoms with E-state index in [1.165, 1.54) is 0 Å². The standard InChI is InChI=1S/C9H17N5O/c1-7(2)15-4-3-12-8-5-11-6-9(13-8)14-10/h5-7H,3-4,10H2,1-2H3,(H2,12,13,14). The first kappa shape index (κ1) is 11.7. The monoisotopic (exact) mass is 211 g/mol. The van der Waals surface area contributed by atoms with Gasteiger partial charge in [0.1, 0.15) is 5.82 Å². The number of nitrogen functional groups attached to an aromatic ring is 1. The van der Waals surface area contributed by atoms with Gasteiger partial charge in [-0.1, -0.05) is 0 Å². The van der Waals surface area contributed by atoms with Crippen molar-refractivity contribution in [2.24, 2.45) is 5.84 Å². The van der Waals surface area contributed by atoms with Crippen molar-refractivity contribution < 1.29 is 4.74 Å². The van der Waals surface area contributed by atoms with Gasteiger partial charge in [-0.2, -0.15) is 0 Å². The van der Waals surface area contributed by atoms with Crippen molar-refractivity contribution in [3.05, 3.63) is 12.4 Å². The normalized spacial score (nSPS) is 10.4. The maximum atomic E-state index is 5.37. The van der Waals surface area contributed by atoms with Gasteiger partial charge >= 0.3 is 0 Å². The summed E-state index contributed by atoms with van der Waals surface area (Å²) in [6, 6.07) is 0. The van der Waals surface area contributed by atoms with Crippen molar-refractivity contribution >= 4 is 11.6 Å². The Balaban J connectivity index is 2.30. The van der Waals surface area contributed by atoms with Crippen LogP contribution >= 0.6 is 0 Å². The molecule has 1 heterocycles. The summed E-state index contributed by atoms with van der Waals surface area (Å²) < 4.78 is 5.37. The lowest BCUT2D eigenvalue weighted by Gasteiger charge is -2.09. The first-order chi connectivity index (χ1) is 7.22. The average molecular weight is 211 g/mol. The topological polar surface area (TPSA) is 85.1 Å². The van der Waals surface area contributed by atoms with E-state index in [4.69, 9.17) is 10.6 Å². The third-order valence-corrected chi connectivity index (χ3v) is 1.64. The summed E-state index contributed by atoms with van der Waals surface area (Å²) in [5.41, 5.74) is 2.43. The number of nitrogens with one attached hydrogen (secondary N) is 2. The molecule has 0 atom stereocenters. The zero-order chi connectivity index (χ0) is 11.1. The summed E-state index contributed by atoms with van der Waals surface area (Å²) in [7, 11) is 0. The van der Waals surface area contributed by atoms with E-state index in [2.05, 4.69) is 20.7 Å². The SMILES string of the molecule is CC(C)OCCNc1cncc(NN)n1. The predicted octanol–water partition coefficient (Wildman–Crippen LogP) is 0.599. The van der Waals surface area contributed by atoms with Crippen molar-refractivity contribution in [1.29, 1.82) is 0 Å². The third kappa shape index (κ3) is 4.57. The zero-order valence-corrected chi connectivity index (χ0v) is 9.03. The summed E-state index contributed by atoms with van der Waals surface area (Å²) in [5, 5.41) is 3.08. The fourth-order valence-electron chi connectivity index (χ4n) is 0.994. The lowest BCUT2D eigenvalue weighted by Crippen LogP contribution is -2.15. The molecule has 84 valence electrons. The number of hydrazine groups is 1. The molecule has 0 aliphatic carbocycles.